The lowest BCUT2D eigenvalue weighted by atomic mass is 9.95. The monoisotopic (exact) mass is 633 g/mol. The summed E-state index contributed by atoms with van der Waals surface area (Å²) in [4.78, 5) is 40.4. The van der Waals surface area contributed by atoms with E-state index in [4.69, 9.17) is 19.6 Å². The van der Waals surface area contributed by atoms with E-state index in [0.29, 0.717) is 37.1 Å². The van der Waals surface area contributed by atoms with Gasteiger partial charge in [-0.1, -0.05) is 6.92 Å². The largest absolute Gasteiger partial charge is 0.459 e. The van der Waals surface area contributed by atoms with Crippen LogP contribution in [-0.2, 0) is 15.7 Å². The van der Waals surface area contributed by atoms with Crippen LogP contribution in [0, 0.1) is 5.92 Å². The Morgan fingerprint density at radius 2 is 1.78 bits per heavy atom. The average molecular weight is 634 g/mol. The number of pyridine rings is 2. The minimum Gasteiger partial charge on any atom is -0.459 e. The molecule has 3 aromatic heterocycles. The number of nitrogens with two attached hydrogens (primary N) is 1. The molecule has 0 spiro atoms. The molecule has 1 saturated heterocycles. The molecule has 4 N–H and O–H groups in total. The summed E-state index contributed by atoms with van der Waals surface area (Å²) in [5, 5.41) is 5.70. The van der Waals surface area contributed by atoms with E-state index in [1.165, 1.54) is 6.20 Å². The summed E-state index contributed by atoms with van der Waals surface area (Å²) in [6.45, 7) is 13.6. The molecular formula is C30H38F3N7O5. The zero-order valence-corrected chi connectivity index (χ0v) is 26.2. The van der Waals surface area contributed by atoms with E-state index in [2.05, 4.69) is 25.6 Å². The molecule has 2 unspecified atom stereocenters. The zero-order valence-electron chi connectivity index (χ0n) is 26.2. The van der Waals surface area contributed by atoms with Crippen LogP contribution in [0.15, 0.2) is 40.1 Å². The van der Waals surface area contributed by atoms with Crippen LogP contribution >= 0.6 is 0 Å². The zero-order chi connectivity index (χ0) is 33.3. The molecule has 4 heterocycles. The van der Waals surface area contributed by atoms with Gasteiger partial charge in [0.2, 0.25) is 5.88 Å². The lowest BCUT2D eigenvalue weighted by molar-refractivity contribution is -0.137. The predicted molar refractivity (Wildman–Crippen MR) is 162 cm³/mol. The molecule has 15 heteroatoms. The Bertz CT molecular complexity index is 1590. The second-order valence-electron chi connectivity index (χ2n) is 13.0. The second-order valence-corrected chi connectivity index (χ2v) is 13.0. The summed E-state index contributed by atoms with van der Waals surface area (Å²) in [7, 11) is 0. The summed E-state index contributed by atoms with van der Waals surface area (Å²) >= 11 is 0. The van der Waals surface area contributed by atoms with Crippen LogP contribution in [0.3, 0.4) is 0 Å². The van der Waals surface area contributed by atoms with E-state index in [-0.39, 0.29) is 40.5 Å². The molecule has 0 aromatic carbocycles. The summed E-state index contributed by atoms with van der Waals surface area (Å²) < 4.78 is 56.8. The van der Waals surface area contributed by atoms with Gasteiger partial charge < -0.3 is 35.2 Å². The predicted octanol–water partition coefficient (Wildman–Crippen LogP) is 5.99. The molecule has 2 atom stereocenters. The normalized spacial score (nSPS) is 18.1. The van der Waals surface area contributed by atoms with Gasteiger partial charge in [-0.2, -0.15) is 18.2 Å². The number of aromatic nitrogens is 2. The molecule has 1 aliphatic rings. The van der Waals surface area contributed by atoms with Gasteiger partial charge >= 0.3 is 12.3 Å². The number of piperidine rings is 1. The fraction of sp³-hybridized carbons (Fsp3) is 0.500. The van der Waals surface area contributed by atoms with Crippen LogP contribution < -0.4 is 21.3 Å². The Labute approximate surface area is 258 Å². The molecule has 3 aromatic rings. The van der Waals surface area contributed by atoms with Crippen molar-refractivity contribution >= 4 is 46.4 Å². The van der Waals surface area contributed by atoms with Crippen LogP contribution in [0.1, 0.15) is 70.8 Å². The van der Waals surface area contributed by atoms with Gasteiger partial charge in [-0.05, 0) is 66.0 Å². The van der Waals surface area contributed by atoms with Crippen LogP contribution in [0.2, 0.25) is 0 Å². The number of anilines is 2. The molecule has 12 nitrogen and oxygen atoms in total. The molecule has 4 rings (SSSR count). The third-order valence-corrected chi connectivity index (χ3v) is 6.45. The quantitative estimate of drug-likeness (QED) is 0.227. The smallest absolute Gasteiger partial charge is 0.418 e. The number of nitrogens with one attached hydrogen (secondary N) is 2. The minimum atomic E-state index is -4.69. The van der Waals surface area contributed by atoms with E-state index >= 15 is 0 Å². The number of carbonyl (C=O) groups excluding carboxylic acids is 2. The maximum Gasteiger partial charge on any atom is 0.418 e. The first-order chi connectivity index (χ1) is 20.8. The number of carbonyl (C=O) groups is 2. The summed E-state index contributed by atoms with van der Waals surface area (Å²) in [5.41, 5.74) is 3.67. The molecule has 1 fully saturated rings. The van der Waals surface area contributed by atoms with Crippen molar-refractivity contribution in [1.29, 1.82) is 0 Å². The minimum absolute atomic E-state index is 0.151. The van der Waals surface area contributed by atoms with Gasteiger partial charge in [0.15, 0.2) is 5.58 Å². The molecule has 0 bridgehead atoms. The molecule has 0 saturated carbocycles. The number of ether oxygens (including phenoxy) is 2. The second kappa shape index (κ2) is 12.4. The topological polar surface area (TPSA) is 157 Å². The Balaban J connectivity index is 1.67. The van der Waals surface area contributed by atoms with Crippen LogP contribution in [0.4, 0.5) is 35.2 Å². The number of halogens is 3. The Kier molecular flexibility index (Phi) is 9.22. The number of amides is 2. The fourth-order valence-corrected chi connectivity index (χ4v) is 4.91. The average Bonchev–Trinajstić information content (AvgIpc) is 3.22. The number of fused-ring (bicyclic) bond motifs is 1. The van der Waals surface area contributed by atoms with Gasteiger partial charge in [-0.25, -0.2) is 4.79 Å². The van der Waals surface area contributed by atoms with E-state index < -0.39 is 34.9 Å². The maximum atomic E-state index is 13.8. The molecule has 0 radical (unpaired) electrons. The van der Waals surface area contributed by atoms with Gasteiger partial charge in [-0.15, -0.1) is 0 Å². The van der Waals surface area contributed by atoms with Crippen molar-refractivity contribution < 1.29 is 36.7 Å². The third-order valence-electron chi connectivity index (χ3n) is 6.45. The number of amidine groups is 1. The molecular weight excluding hydrogens is 595 g/mol. The number of rotatable bonds is 5. The van der Waals surface area contributed by atoms with Gasteiger partial charge in [0.25, 0.3) is 11.9 Å². The first-order valence-corrected chi connectivity index (χ1v) is 14.3. The number of aliphatic imine (C=N–C) groups is 1. The van der Waals surface area contributed by atoms with Crippen LogP contribution in [0.25, 0.3) is 11.1 Å². The van der Waals surface area contributed by atoms with Gasteiger partial charge in [0, 0.05) is 31.5 Å². The third kappa shape index (κ3) is 8.76. The highest BCUT2D eigenvalue weighted by Crippen LogP contribution is 2.37. The van der Waals surface area contributed by atoms with Crippen molar-refractivity contribution in [3.8, 4) is 0 Å². The van der Waals surface area contributed by atoms with E-state index in [0.717, 1.165) is 6.07 Å². The standard InChI is InChI=1S/C30H38F3N7O5/c1-16-10-18(37-27(42)45-29(5,6)7)15-40(14-16)20-8-9-35-13-19(20)38-24(41)22-23-21(11-17(12-36-23)30(31,32)33)43-25(22)39-26(34)44-28(2,3)4/h8-9,11-13,16,18H,10,14-15H2,1-7H3,(H2,34,39)(H,37,42)(H,38,41). The van der Waals surface area contributed by atoms with Crippen molar-refractivity contribution in [3.05, 3.63) is 41.9 Å². The molecule has 1 aliphatic heterocycles. The molecule has 45 heavy (non-hydrogen) atoms. The first-order valence-electron chi connectivity index (χ1n) is 14.3. The highest BCUT2D eigenvalue weighted by atomic mass is 19.4. The lowest BCUT2D eigenvalue weighted by Gasteiger charge is -2.39. The van der Waals surface area contributed by atoms with E-state index in [1.54, 1.807) is 53.8 Å². The number of alkyl carbamates (subject to hydrolysis) is 1. The number of hydrogen-bond donors (Lipinski definition) is 3. The van der Waals surface area contributed by atoms with Crippen molar-refractivity contribution in [2.24, 2.45) is 16.6 Å². The van der Waals surface area contributed by atoms with Crippen LogP contribution in [0.5, 0.6) is 0 Å². The summed E-state index contributed by atoms with van der Waals surface area (Å²) in [5.74, 6) is -0.979. The number of nitrogens with zero attached hydrogens (tertiary/aromatic N) is 4. The number of furan rings is 1. The van der Waals surface area contributed by atoms with Gasteiger partial charge in [0.05, 0.1) is 23.1 Å². The highest BCUT2D eigenvalue weighted by Gasteiger charge is 2.34. The van der Waals surface area contributed by atoms with Crippen molar-refractivity contribution in [3.63, 3.8) is 0 Å². The van der Waals surface area contributed by atoms with Crippen molar-refractivity contribution in [1.82, 2.24) is 15.3 Å². The lowest BCUT2D eigenvalue weighted by Crippen LogP contribution is -2.51. The van der Waals surface area contributed by atoms with Crippen molar-refractivity contribution in [2.45, 2.75) is 78.3 Å². The molecule has 2 amide bonds. The maximum absolute atomic E-state index is 13.8. The number of hydrogen-bond acceptors (Lipinski definition) is 9. The Morgan fingerprint density at radius 1 is 1.09 bits per heavy atom. The summed E-state index contributed by atoms with van der Waals surface area (Å²) in [6.07, 6.45) is -0.885. The highest BCUT2D eigenvalue weighted by molar-refractivity contribution is 6.15. The van der Waals surface area contributed by atoms with Gasteiger partial charge in [0.1, 0.15) is 22.3 Å². The number of alkyl halides is 3. The van der Waals surface area contributed by atoms with E-state index in [9.17, 15) is 22.8 Å². The molecule has 244 valence electrons. The van der Waals surface area contributed by atoms with Crippen molar-refractivity contribution in [2.75, 3.05) is 23.3 Å². The Hall–Kier alpha value is -4.56. The van der Waals surface area contributed by atoms with E-state index in [1.807, 2.05) is 11.8 Å². The summed E-state index contributed by atoms with van der Waals surface area (Å²) in [6, 6.07) is 1.85. The SMILES string of the molecule is CC1CC(NC(=O)OC(C)(C)C)CN(c2ccncc2NC(=O)c2c(N=C(N)OC(C)(C)C)oc3cc(C(F)(F)F)cnc23)C1. The van der Waals surface area contributed by atoms with Crippen LogP contribution in [-0.4, -0.2) is 58.3 Å². The molecule has 0 aliphatic carbocycles. The van der Waals surface area contributed by atoms with Gasteiger partial charge in [-0.3, -0.25) is 14.8 Å². The first kappa shape index (κ1) is 33.3. The Morgan fingerprint density at radius 3 is 2.42 bits per heavy atom. The fourth-order valence-electron chi connectivity index (χ4n) is 4.91.